The number of methoxy groups -OCH3 is 1. The maximum absolute atomic E-state index is 13.4. The van der Waals surface area contributed by atoms with Crippen molar-refractivity contribution in [2.75, 3.05) is 13.7 Å². The molecule has 1 rings (SSSR count). The average molecular weight is 283 g/mol. The smallest absolute Gasteiger partial charge is 0.251 e. The second-order valence-electron chi connectivity index (χ2n) is 5.14. The molecule has 0 saturated heterocycles. The molecule has 0 spiro atoms. The third kappa shape index (κ3) is 5.27. The van der Waals surface area contributed by atoms with Crippen molar-refractivity contribution in [2.45, 2.75) is 33.0 Å². The molecule has 2 unspecified atom stereocenters. The highest BCUT2D eigenvalue weighted by atomic mass is 19.1. The Hall–Kier alpha value is -1.46. The fourth-order valence-corrected chi connectivity index (χ4v) is 2.02. The van der Waals surface area contributed by atoms with Crippen LogP contribution in [-0.4, -0.2) is 30.8 Å². The molecular weight excluding hydrogens is 261 g/mol. The Balaban J connectivity index is 2.61. The summed E-state index contributed by atoms with van der Waals surface area (Å²) < 4.78 is 18.3. The lowest BCUT2D eigenvalue weighted by atomic mass is 10.0. The van der Waals surface area contributed by atoms with Crippen LogP contribution < -0.4 is 5.32 Å². The zero-order valence-electron chi connectivity index (χ0n) is 12.1. The minimum absolute atomic E-state index is 0.130. The third-order valence-electron chi connectivity index (χ3n) is 2.96. The maximum Gasteiger partial charge on any atom is 0.251 e. The molecule has 0 bridgehead atoms. The summed E-state index contributed by atoms with van der Waals surface area (Å²) in [5, 5.41) is 12.0. The number of hydrogen-bond acceptors (Lipinski definition) is 3. The Morgan fingerprint density at radius 2 is 2.15 bits per heavy atom. The van der Waals surface area contributed by atoms with E-state index in [9.17, 15) is 14.3 Å². The van der Waals surface area contributed by atoms with Crippen LogP contribution in [0.3, 0.4) is 0 Å². The predicted molar refractivity (Wildman–Crippen MR) is 74.9 cm³/mol. The monoisotopic (exact) mass is 283 g/mol. The van der Waals surface area contributed by atoms with Crippen molar-refractivity contribution in [1.29, 1.82) is 0 Å². The second-order valence-corrected chi connectivity index (χ2v) is 5.14. The van der Waals surface area contributed by atoms with Crippen molar-refractivity contribution in [3.63, 3.8) is 0 Å². The second kappa shape index (κ2) is 7.97. The van der Waals surface area contributed by atoms with E-state index in [0.717, 1.165) is 0 Å². The summed E-state index contributed by atoms with van der Waals surface area (Å²) in [5.41, 5.74) is 0.764. The van der Waals surface area contributed by atoms with Gasteiger partial charge in [0.2, 0.25) is 0 Å². The van der Waals surface area contributed by atoms with Gasteiger partial charge in [-0.05, 0) is 37.5 Å². The summed E-state index contributed by atoms with van der Waals surface area (Å²) in [6, 6.07) is 4.21. The Kier molecular flexibility index (Phi) is 6.61. The van der Waals surface area contributed by atoms with E-state index in [-0.39, 0.29) is 30.4 Å². The first kappa shape index (κ1) is 16.6. The van der Waals surface area contributed by atoms with Gasteiger partial charge < -0.3 is 15.2 Å². The van der Waals surface area contributed by atoms with Gasteiger partial charge in [-0.25, -0.2) is 4.39 Å². The van der Waals surface area contributed by atoms with Crippen molar-refractivity contribution in [1.82, 2.24) is 5.32 Å². The number of aliphatic hydroxyl groups excluding tert-OH is 1. The number of halogens is 1. The lowest BCUT2D eigenvalue weighted by Crippen LogP contribution is -2.29. The fourth-order valence-electron chi connectivity index (χ4n) is 2.02. The van der Waals surface area contributed by atoms with Gasteiger partial charge in [0.25, 0.3) is 5.91 Å². The Labute approximate surface area is 119 Å². The largest absolute Gasteiger partial charge is 0.393 e. The quantitative estimate of drug-likeness (QED) is 0.805. The number of rotatable bonds is 7. The van der Waals surface area contributed by atoms with E-state index >= 15 is 0 Å². The lowest BCUT2D eigenvalue weighted by molar-refractivity contribution is 0.0939. The Bertz CT molecular complexity index is 449. The van der Waals surface area contributed by atoms with Crippen LogP contribution >= 0.6 is 0 Å². The Morgan fingerprint density at radius 3 is 2.75 bits per heavy atom. The van der Waals surface area contributed by atoms with Crippen LogP contribution in [0.2, 0.25) is 0 Å². The van der Waals surface area contributed by atoms with Crippen LogP contribution in [0.1, 0.15) is 36.2 Å². The van der Waals surface area contributed by atoms with Gasteiger partial charge in [-0.2, -0.15) is 0 Å². The Morgan fingerprint density at radius 1 is 1.45 bits per heavy atom. The average Bonchev–Trinajstić information content (AvgIpc) is 2.38. The SMILES string of the molecule is COCc1cc(C(=O)NCC(C)CC(C)O)ccc1F. The molecule has 112 valence electrons. The van der Waals surface area contributed by atoms with Crippen molar-refractivity contribution in [2.24, 2.45) is 5.92 Å². The van der Waals surface area contributed by atoms with Gasteiger partial charge in [-0.3, -0.25) is 4.79 Å². The van der Waals surface area contributed by atoms with E-state index in [1.54, 1.807) is 6.92 Å². The first-order chi connectivity index (χ1) is 9.43. The van der Waals surface area contributed by atoms with Crippen molar-refractivity contribution < 1.29 is 19.0 Å². The fraction of sp³-hybridized carbons (Fsp3) is 0.533. The molecular formula is C15H22FNO3. The molecule has 0 aliphatic carbocycles. The molecule has 0 fully saturated rings. The standard InChI is InChI=1S/C15H22FNO3/c1-10(6-11(2)18)8-17-15(19)12-4-5-14(16)13(7-12)9-20-3/h4-5,7,10-11,18H,6,8-9H2,1-3H3,(H,17,19). The summed E-state index contributed by atoms with van der Waals surface area (Å²) in [7, 11) is 1.48. The number of benzene rings is 1. The summed E-state index contributed by atoms with van der Waals surface area (Å²) in [6.45, 7) is 4.27. The predicted octanol–water partition coefficient (Wildman–Crippen LogP) is 2.11. The highest BCUT2D eigenvalue weighted by Crippen LogP contribution is 2.12. The first-order valence-corrected chi connectivity index (χ1v) is 6.67. The van der Waals surface area contributed by atoms with E-state index < -0.39 is 0 Å². The van der Waals surface area contributed by atoms with Gasteiger partial charge in [0.05, 0.1) is 12.7 Å². The van der Waals surface area contributed by atoms with Crippen LogP contribution in [0.25, 0.3) is 0 Å². The highest BCUT2D eigenvalue weighted by Gasteiger charge is 2.12. The van der Waals surface area contributed by atoms with E-state index in [1.165, 1.54) is 25.3 Å². The van der Waals surface area contributed by atoms with Gasteiger partial charge in [0.15, 0.2) is 0 Å². The minimum atomic E-state index is -0.388. The molecule has 2 N–H and O–H groups in total. The first-order valence-electron chi connectivity index (χ1n) is 6.67. The molecule has 0 aromatic heterocycles. The number of amides is 1. The van der Waals surface area contributed by atoms with Gasteiger partial charge in [0, 0.05) is 24.8 Å². The van der Waals surface area contributed by atoms with Crippen LogP contribution in [0.15, 0.2) is 18.2 Å². The van der Waals surface area contributed by atoms with Crippen molar-refractivity contribution in [3.05, 3.63) is 35.1 Å². The van der Waals surface area contributed by atoms with Gasteiger partial charge in [-0.15, -0.1) is 0 Å². The number of ether oxygens (including phenoxy) is 1. The van der Waals surface area contributed by atoms with Crippen LogP contribution in [0.4, 0.5) is 4.39 Å². The zero-order chi connectivity index (χ0) is 15.1. The summed E-state index contributed by atoms with van der Waals surface area (Å²) in [4.78, 5) is 12.0. The third-order valence-corrected chi connectivity index (χ3v) is 2.96. The number of aliphatic hydroxyl groups is 1. The number of carbonyl (C=O) groups is 1. The normalized spacial score (nSPS) is 13.8. The minimum Gasteiger partial charge on any atom is -0.393 e. The molecule has 5 heteroatoms. The summed E-state index contributed by atoms with van der Waals surface area (Å²) >= 11 is 0. The molecule has 0 aliphatic rings. The van der Waals surface area contributed by atoms with Gasteiger partial charge in [0.1, 0.15) is 5.82 Å². The van der Waals surface area contributed by atoms with Gasteiger partial charge in [-0.1, -0.05) is 6.92 Å². The highest BCUT2D eigenvalue weighted by molar-refractivity contribution is 5.94. The molecule has 1 aromatic carbocycles. The molecule has 20 heavy (non-hydrogen) atoms. The van der Waals surface area contributed by atoms with E-state index in [1.807, 2.05) is 6.92 Å². The topological polar surface area (TPSA) is 58.6 Å². The molecule has 2 atom stereocenters. The van der Waals surface area contributed by atoms with E-state index in [0.29, 0.717) is 24.1 Å². The van der Waals surface area contributed by atoms with E-state index in [2.05, 4.69) is 5.32 Å². The number of nitrogens with one attached hydrogen (secondary N) is 1. The van der Waals surface area contributed by atoms with Crippen LogP contribution in [0.5, 0.6) is 0 Å². The van der Waals surface area contributed by atoms with Gasteiger partial charge >= 0.3 is 0 Å². The zero-order valence-corrected chi connectivity index (χ0v) is 12.1. The molecule has 0 heterocycles. The summed E-state index contributed by atoms with van der Waals surface area (Å²) in [6.07, 6.45) is 0.236. The summed E-state index contributed by atoms with van der Waals surface area (Å²) in [5.74, 6) is -0.455. The molecule has 1 aromatic rings. The van der Waals surface area contributed by atoms with Crippen LogP contribution in [0, 0.1) is 11.7 Å². The van der Waals surface area contributed by atoms with E-state index in [4.69, 9.17) is 4.74 Å². The maximum atomic E-state index is 13.4. The molecule has 1 amide bonds. The number of hydrogen-bond donors (Lipinski definition) is 2. The molecule has 0 aliphatic heterocycles. The number of carbonyl (C=O) groups excluding carboxylic acids is 1. The molecule has 0 radical (unpaired) electrons. The lowest BCUT2D eigenvalue weighted by Gasteiger charge is -2.14. The van der Waals surface area contributed by atoms with Crippen molar-refractivity contribution in [3.8, 4) is 0 Å². The molecule has 4 nitrogen and oxygen atoms in total. The van der Waals surface area contributed by atoms with Crippen LogP contribution in [-0.2, 0) is 11.3 Å². The van der Waals surface area contributed by atoms with Crippen molar-refractivity contribution >= 4 is 5.91 Å². The molecule has 0 saturated carbocycles.